The van der Waals surface area contributed by atoms with E-state index in [4.69, 9.17) is 13.7 Å². The standard InChI is InChI=1S/C27H33NO7S/c1-18(21-11-7-6-8-12-21)28-23(29)15-27(25(30)34-26(3,4)5)17-33-16-20-10-9-13-22(14-20)36(31,32)35-19(2)24(27)28/h6-14,18-19,24H,15-17H2,1-5H3/t18-,19?,24?,27-/m1/s1. The first-order valence-corrected chi connectivity index (χ1v) is 13.4. The topological polar surface area (TPSA) is 99.2 Å². The van der Waals surface area contributed by atoms with Crippen LogP contribution in [-0.4, -0.2) is 49.5 Å². The highest BCUT2D eigenvalue weighted by Gasteiger charge is 2.62. The first-order valence-electron chi connectivity index (χ1n) is 12.0. The third-order valence-electron chi connectivity index (χ3n) is 6.66. The number of likely N-dealkylation sites (tertiary alicyclic amines) is 1. The minimum absolute atomic E-state index is 0.00722. The molecule has 1 saturated heterocycles. The van der Waals surface area contributed by atoms with Crippen LogP contribution in [0.15, 0.2) is 59.5 Å². The SMILES string of the molecule is CC1OS(=O)(=O)c2cccc(c2)COC[C@]2(C(=O)OC(C)(C)C)CC(=O)N([C@H](C)c3ccccc3)C12. The lowest BCUT2D eigenvalue weighted by Gasteiger charge is -2.41. The first kappa shape index (κ1) is 26.3. The fourth-order valence-electron chi connectivity index (χ4n) is 5.13. The quantitative estimate of drug-likeness (QED) is 0.450. The zero-order valence-corrected chi connectivity index (χ0v) is 22.1. The van der Waals surface area contributed by atoms with Gasteiger partial charge in [-0.3, -0.25) is 13.8 Å². The van der Waals surface area contributed by atoms with Crippen molar-refractivity contribution in [2.75, 3.05) is 6.61 Å². The van der Waals surface area contributed by atoms with Crippen LogP contribution in [0, 0.1) is 5.41 Å². The number of carbonyl (C=O) groups is 2. The van der Waals surface area contributed by atoms with Crippen LogP contribution >= 0.6 is 0 Å². The zero-order valence-electron chi connectivity index (χ0n) is 21.3. The summed E-state index contributed by atoms with van der Waals surface area (Å²) in [5.74, 6) is -0.913. The molecule has 0 radical (unpaired) electrons. The molecule has 1 amide bonds. The monoisotopic (exact) mass is 515 g/mol. The molecule has 2 aliphatic rings. The summed E-state index contributed by atoms with van der Waals surface area (Å²) in [5, 5.41) is 0. The maximum atomic E-state index is 13.8. The van der Waals surface area contributed by atoms with Crippen molar-refractivity contribution < 1.29 is 31.7 Å². The van der Waals surface area contributed by atoms with Gasteiger partial charge >= 0.3 is 5.97 Å². The van der Waals surface area contributed by atoms with Gasteiger partial charge in [0.25, 0.3) is 10.1 Å². The van der Waals surface area contributed by atoms with Crippen LogP contribution in [0.25, 0.3) is 0 Å². The van der Waals surface area contributed by atoms with Crippen LogP contribution in [0.2, 0.25) is 0 Å². The lowest BCUT2D eigenvalue weighted by molar-refractivity contribution is -0.177. The van der Waals surface area contributed by atoms with E-state index in [2.05, 4.69) is 0 Å². The van der Waals surface area contributed by atoms with Crippen LogP contribution in [0.1, 0.15) is 58.2 Å². The molecule has 2 unspecified atom stereocenters. The zero-order chi connectivity index (χ0) is 26.3. The predicted molar refractivity (Wildman–Crippen MR) is 132 cm³/mol. The summed E-state index contributed by atoms with van der Waals surface area (Å²) < 4.78 is 44.0. The van der Waals surface area contributed by atoms with E-state index < -0.39 is 45.3 Å². The van der Waals surface area contributed by atoms with Gasteiger partial charge in [-0.25, -0.2) is 0 Å². The number of benzene rings is 2. The average molecular weight is 516 g/mol. The number of ether oxygens (including phenoxy) is 2. The molecular weight excluding hydrogens is 482 g/mol. The molecule has 1 fully saturated rings. The summed E-state index contributed by atoms with van der Waals surface area (Å²) in [4.78, 5) is 29.0. The van der Waals surface area contributed by atoms with Crippen molar-refractivity contribution in [3.8, 4) is 0 Å². The Balaban J connectivity index is 1.86. The lowest BCUT2D eigenvalue weighted by atomic mass is 9.78. The van der Waals surface area contributed by atoms with E-state index in [1.165, 1.54) is 12.1 Å². The fraction of sp³-hybridized carbons (Fsp3) is 0.481. The van der Waals surface area contributed by atoms with Crippen LogP contribution in [-0.2, 0) is 40.0 Å². The van der Waals surface area contributed by atoms with Gasteiger partial charge in [-0.1, -0.05) is 42.5 Å². The molecule has 36 heavy (non-hydrogen) atoms. The Hall–Kier alpha value is -2.75. The van der Waals surface area contributed by atoms with Gasteiger partial charge < -0.3 is 14.4 Å². The van der Waals surface area contributed by atoms with Crippen molar-refractivity contribution in [1.82, 2.24) is 4.90 Å². The largest absolute Gasteiger partial charge is 0.459 e. The van der Waals surface area contributed by atoms with E-state index >= 15 is 0 Å². The number of hydrogen-bond donors (Lipinski definition) is 0. The van der Waals surface area contributed by atoms with E-state index in [9.17, 15) is 18.0 Å². The van der Waals surface area contributed by atoms with Gasteiger partial charge in [0.15, 0.2) is 0 Å². The van der Waals surface area contributed by atoms with Gasteiger partial charge in [0.05, 0.1) is 36.3 Å². The molecule has 9 heteroatoms. The van der Waals surface area contributed by atoms with Crippen LogP contribution in [0.4, 0.5) is 0 Å². The van der Waals surface area contributed by atoms with Crippen molar-refractivity contribution in [1.29, 1.82) is 0 Å². The molecular formula is C27H33NO7S. The van der Waals surface area contributed by atoms with Crippen LogP contribution in [0.3, 0.4) is 0 Å². The highest BCUT2D eigenvalue weighted by atomic mass is 32.2. The Kier molecular flexibility index (Phi) is 7.02. The van der Waals surface area contributed by atoms with Crippen LogP contribution in [0.5, 0.6) is 0 Å². The first-order chi connectivity index (χ1) is 16.8. The van der Waals surface area contributed by atoms with Gasteiger partial charge in [-0.15, -0.1) is 0 Å². The Labute approximate surface area is 212 Å². The normalized spacial score (nSPS) is 27.0. The summed E-state index contributed by atoms with van der Waals surface area (Å²) in [7, 11) is -4.19. The van der Waals surface area contributed by atoms with E-state index in [1.54, 1.807) is 44.7 Å². The molecule has 4 atom stereocenters. The van der Waals surface area contributed by atoms with E-state index in [-0.39, 0.29) is 30.4 Å². The average Bonchev–Trinajstić information content (AvgIpc) is 3.10. The molecule has 2 aliphatic heterocycles. The third kappa shape index (κ3) is 5.05. The number of esters is 1. The molecule has 8 nitrogen and oxygen atoms in total. The highest BCUT2D eigenvalue weighted by Crippen LogP contribution is 2.47. The molecule has 2 aromatic rings. The molecule has 0 aromatic heterocycles. The molecule has 2 bridgehead atoms. The number of amides is 1. The maximum Gasteiger partial charge on any atom is 0.317 e. The Morgan fingerprint density at radius 1 is 1.14 bits per heavy atom. The molecule has 0 aliphatic carbocycles. The summed E-state index contributed by atoms with van der Waals surface area (Å²) in [6.07, 6.45) is -1.25. The summed E-state index contributed by atoms with van der Waals surface area (Å²) in [6.45, 7) is 8.62. The van der Waals surface area contributed by atoms with E-state index in [0.29, 0.717) is 5.56 Å². The minimum Gasteiger partial charge on any atom is -0.459 e. The second kappa shape index (κ2) is 9.61. The number of carbonyl (C=O) groups excluding carboxylic acids is 2. The molecule has 0 N–H and O–H groups in total. The summed E-state index contributed by atoms with van der Waals surface area (Å²) in [5.41, 5.74) is -0.835. The second-order valence-electron chi connectivity index (χ2n) is 10.6. The van der Waals surface area contributed by atoms with Gasteiger partial charge in [-0.05, 0) is 57.9 Å². The molecule has 2 heterocycles. The van der Waals surface area contributed by atoms with Gasteiger partial charge in [0, 0.05) is 6.42 Å². The molecule has 2 aromatic carbocycles. The lowest BCUT2D eigenvalue weighted by Crippen LogP contribution is -2.56. The van der Waals surface area contributed by atoms with E-state index in [0.717, 1.165) is 5.56 Å². The number of rotatable bonds is 3. The van der Waals surface area contributed by atoms with E-state index in [1.807, 2.05) is 37.3 Å². The number of fused-ring (bicyclic) bond motifs is 3. The molecule has 4 rings (SSSR count). The van der Waals surface area contributed by atoms with Gasteiger partial charge in [0.2, 0.25) is 5.91 Å². The van der Waals surface area contributed by atoms with Crippen molar-refractivity contribution in [2.45, 2.75) is 76.3 Å². The summed E-state index contributed by atoms with van der Waals surface area (Å²) in [6, 6.07) is 14.3. The summed E-state index contributed by atoms with van der Waals surface area (Å²) >= 11 is 0. The van der Waals surface area contributed by atoms with Crippen molar-refractivity contribution in [2.24, 2.45) is 5.41 Å². The number of nitrogens with zero attached hydrogens (tertiary/aromatic N) is 1. The Morgan fingerprint density at radius 3 is 2.50 bits per heavy atom. The van der Waals surface area contributed by atoms with Crippen molar-refractivity contribution >= 4 is 22.0 Å². The predicted octanol–water partition coefficient (Wildman–Crippen LogP) is 4.00. The molecule has 194 valence electrons. The molecule has 0 spiro atoms. The second-order valence-corrected chi connectivity index (χ2v) is 12.1. The van der Waals surface area contributed by atoms with Gasteiger partial charge in [0.1, 0.15) is 11.0 Å². The minimum atomic E-state index is -4.19. The third-order valence-corrected chi connectivity index (χ3v) is 8.05. The maximum absolute atomic E-state index is 13.8. The fourth-order valence-corrected chi connectivity index (χ4v) is 6.29. The smallest absolute Gasteiger partial charge is 0.317 e. The Bertz CT molecular complexity index is 1240. The van der Waals surface area contributed by atoms with Gasteiger partial charge in [-0.2, -0.15) is 8.42 Å². The van der Waals surface area contributed by atoms with Crippen LogP contribution < -0.4 is 0 Å². The molecule has 0 saturated carbocycles. The highest BCUT2D eigenvalue weighted by molar-refractivity contribution is 7.86. The Morgan fingerprint density at radius 2 is 1.83 bits per heavy atom. The van der Waals surface area contributed by atoms with Crippen molar-refractivity contribution in [3.05, 3.63) is 65.7 Å². The van der Waals surface area contributed by atoms with Crippen molar-refractivity contribution in [3.63, 3.8) is 0 Å². The number of hydrogen-bond acceptors (Lipinski definition) is 7.